The first kappa shape index (κ1) is 18.2. The number of aromatic nitrogens is 2. The fourth-order valence-electron chi connectivity index (χ4n) is 7.07. The number of imidazole rings is 1. The molecule has 7 heteroatoms. The largest absolute Gasteiger partial charge is 0.331 e. The number of carbonyl (C=O) groups excluding carboxylic acids is 2. The molecule has 152 valence electrons. The summed E-state index contributed by atoms with van der Waals surface area (Å²) in [4.78, 5) is 32.3. The fraction of sp³-hybridized carbons (Fsp3) is 0.762. The average Bonchev–Trinajstić information content (AvgIpc) is 3.08. The van der Waals surface area contributed by atoms with Crippen molar-refractivity contribution in [2.75, 3.05) is 6.54 Å². The van der Waals surface area contributed by atoms with Crippen LogP contribution in [-0.4, -0.2) is 38.0 Å². The van der Waals surface area contributed by atoms with E-state index in [1.807, 2.05) is 4.57 Å². The molecular weight excluding hydrogens is 356 g/mol. The fourth-order valence-corrected chi connectivity index (χ4v) is 7.07. The Balaban J connectivity index is 1.47. The van der Waals surface area contributed by atoms with Gasteiger partial charge < -0.3 is 9.47 Å². The van der Waals surface area contributed by atoms with Crippen LogP contribution in [-0.2, 0) is 11.3 Å². The summed E-state index contributed by atoms with van der Waals surface area (Å²) in [5.74, 6) is 2.89. The van der Waals surface area contributed by atoms with E-state index in [0.29, 0.717) is 19.0 Å². The molecule has 1 aliphatic heterocycles. The van der Waals surface area contributed by atoms with Crippen molar-refractivity contribution in [1.82, 2.24) is 19.9 Å². The molecule has 4 fully saturated rings. The summed E-state index contributed by atoms with van der Waals surface area (Å²) < 4.78 is 1.97. The molecule has 1 atom stereocenters. The summed E-state index contributed by atoms with van der Waals surface area (Å²) in [6.45, 7) is 5.52. The third-order valence-electron chi connectivity index (χ3n) is 7.71. The Bertz CT molecular complexity index is 779. The molecule has 7 nitrogen and oxygen atoms in total. The third-order valence-corrected chi connectivity index (χ3v) is 7.71. The quantitative estimate of drug-likeness (QED) is 0.618. The Morgan fingerprint density at radius 1 is 1.14 bits per heavy atom. The molecule has 5 aliphatic rings. The van der Waals surface area contributed by atoms with Gasteiger partial charge in [-0.25, -0.2) is 10.5 Å². The highest BCUT2D eigenvalue weighted by Gasteiger charge is 2.56. The summed E-state index contributed by atoms with van der Waals surface area (Å²) in [6.07, 6.45) is 8.84. The molecule has 28 heavy (non-hydrogen) atoms. The first-order valence-electron chi connectivity index (χ1n) is 10.7. The number of rotatable bonds is 3. The normalized spacial score (nSPS) is 35.9. The van der Waals surface area contributed by atoms with E-state index in [1.54, 1.807) is 11.7 Å². The molecule has 2 N–H and O–H groups in total. The lowest BCUT2D eigenvalue weighted by molar-refractivity contribution is -0.162. The van der Waals surface area contributed by atoms with Gasteiger partial charge in [-0.2, -0.15) is 0 Å². The van der Waals surface area contributed by atoms with E-state index in [9.17, 15) is 9.59 Å². The molecule has 4 bridgehead atoms. The minimum Gasteiger partial charge on any atom is -0.331 e. The van der Waals surface area contributed by atoms with E-state index in [1.165, 1.54) is 19.3 Å². The lowest BCUT2D eigenvalue weighted by atomic mass is 9.49. The van der Waals surface area contributed by atoms with Crippen LogP contribution in [0.25, 0.3) is 0 Å². The van der Waals surface area contributed by atoms with E-state index in [-0.39, 0.29) is 23.1 Å². The molecule has 0 aromatic carbocycles. The maximum Gasteiger partial charge on any atom is 0.294 e. The molecule has 2 amide bonds. The smallest absolute Gasteiger partial charge is 0.294 e. The molecule has 4 aliphatic carbocycles. The van der Waals surface area contributed by atoms with E-state index in [2.05, 4.69) is 23.7 Å². The number of hydroxylamine groups is 1. The number of hydrogen-bond acceptors (Lipinski definition) is 4. The Morgan fingerprint density at radius 2 is 1.75 bits per heavy atom. The van der Waals surface area contributed by atoms with Crippen molar-refractivity contribution in [3.8, 4) is 0 Å². The van der Waals surface area contributed by atoms with E-state index >= 15 is 0 Å². The van der Waals surface area contributed by atoms with Gasteiger partial charge in [0, 0.05) is 19.3 Å². The Kier molecular flexibility index (Phi) is 4.09. The molecule has 0 saturated heterocycles. The Labute approximate surface area is 165 Å². The van der Waals surface area contributed by atoms with Crippen molar-refractivity contribution in [1.29, 1.82) is 0 Å². The van der Waals surface area contributed by atoms with Gasteiger partial charge in [-0.05, 0) is 62.2 Å². The van der Waals surface area contributed by atoms with Crippen LogP contribution in [0.4, 0.5) is 0 Å². The van der Waals surface area contributed by atoms with Crippen LogP contribution < -0.4 is 5.48 Å². The SMILES string of the molecule is CC(C)C1c2nc(C(=O)NO)cn2CCN1C(=O)C12CC3CC(CC(C3)C1)C2. The van der Waals surface area contributed by atoms with Gasteiger partial charge in [-0.1, -0.05) is 13.8 Å². The molecule has 6 rings (SSSR count). The van der Waals surface area contributed by atoms with Gasteiger partial charge in [-0.15, -0.1) is 0 Å². The van der Waals surface area contributed by atoms with Crippen LogP contribution in [0.3, 0.4) is 0 Å². The second-order valence-corrected chi connectivity index (χ2v) is 10.0. The van der Waals surface area contributed by atoms with Crippen LogP contribution >= 0.6 is 0 Å². The number of amides is 2. The zero-order valence-corrected chi connectivity index (χ0v) is 16.7. The van der Waals surface area contributed by atoms with E-state index < -0.39 is 5.91 Å². The highest BCUT2D eigenvalue weighted by Crippen LogP contribution is 2.61. The van der Waals surface area contributed by atoms with Gasteiger partial charge in [0.25, 0.3) is 5.91 Å². The highest BCUT2D eigenvalue weighted by atomic mass is 16.5. The molecule has 1 unspecified atom stereocenters. The van der Waals surface area contributed by atoms with Crippen LogP contribution in [0.1, 0.15) is 74.7 Å². The molecule has 1 aromatic rings. The average molecular weight is 386 g/mol. The Hall–Kier alpha value is -1.89. The lowest BCUT2D eigenvalue weighted by Gasteiger charge is -2.57. The molecule has 2 heterocycles. The summed E-state index contributed by atoms with van der Waals surface area (Å²) >= 11 is 0. The van der Waals surface area contributed by atoms with E-state index in [4.69, 9.17) is 5.21 Å². The maximum absolute atomic E-state index is 13.9. The predicted octanol–water partition coefficient (Wildman–Crippen LogP) is 2.76. The van der Waals surface area contributed by atoms with Crippen LogP contribution in [0, 0.1) is 29.1 Å². The van der Waals surface area contributed by atoms with Gasteiger partial charge in [0.05, 0.1) is 11.5 Å². The minimum atomic E-state index is -0.608. The molecule has 0 spiro atoms. The van der Waals surface area contributed by atoms with E-state index in [0.717, 1.165) is 42.8 Å². The zero-order chi connectivity index (χ0) is 19.6. The molecule has 4 saturated carbocycles. The lowest BCUT2D eigenvalue weighted by Crippen LogP contribution is -2.57. The number of nitrogens with one attached hydrogen (secondary N) is 1. The first-order chi connectivity index (χ1) is 13.4. The number of hydrogen-bond donors (Lipinski definition) is 2. The van der Waals surface area contributed by atoms with Gasteiger partial charge in [0.2, 0.25) is 5.91 Å². The summed E-state index contributed by atoms with van der Waals surface area (Å²) in [5, 5.41) is 8.95. The zero-order valence-electron chi connectivity index (χ0n) is 16.7. The van der Waals surface area contributed by atoms with Crippen molar-refractivity contribution in [3.05, 3.63) is 17.7 Å². The van der Waals surface area contributed by atoms with Gasteiger partial charge >= 0.3 is 0 Å². The van der Waals surface area contributed by atoms with Crippen molar-refractivity contribution in [2.45, 2.75) is 65.0 Å². The monoisotopic (exact) mass is 386 g/mol. The van der Waals surface area contributed by atoms with Gasteiger partial charge in [-0.3, -0.25) is 14.8 Å². The summed E-state index contributed by atoms with van der Waals surface area (Å²) in [7, 11) is 0. The second-order valence-electron chi connectivity index (χ2n) is 10.0. The van der Waals surface area contributed by atoms with Crippen LogP contribution in [0.2, 0.25) is 0 Å². The third kappa shape index (κ3) is 2.62. The minimum absolute atomic E-state index is 0.130. The Morgan fingerprint density at radius 3 is 2.29 bits per heavy atom. The van der Waals surface area contributed by atoms with Crippen molar-refractivity contribution in [3.63, 3.8) is 0 Å². The van der Waals surface area contributed by atoms with Crippen molar-refractivity contribution >= 4 is 11.8 Å². The maximum atomic E-state index is 13.9. The van der Waals surface area contributed by atoms with Crippen molar-refractivity contribution in [2.24, 2.45) is 29.1 Å². The van der Waals surface area contributed by atoms with Crippen molar-refractivity contribution < 1.29 is 14.8 Å². The highest BCUT2D eigenvalue weighted by molar-refractivity contribution is 5.91. The topological polar surface area (TPSA) is 87.5 Å². The number of carbonyl (C=O) groups is 2. The second kappa shape index (κ2) is 6.31. The molecular formula is C21H30N4O3. The van der Waals surface area contributed by atoms with Crippen LogP contribution in [0.5, 0.6) is 0 Å². The van der Waals surface area contributed by atoms with Gasteiger partial charge in [0.15, 0.2) is 0 Å². The predicted molar refractivity (Wildman–Crippen MR) is 101 cm³/mol. The first-order valence-corrected chi connectivity index (χ1v) is 10.7. The summed E-state index contributed by atoms with van der Waals surface area (Å²) in [6, 6.07) is -0.130. The number of nitrogens with zero attached hydrogens (tertiary/aromatic N) is 3. The standard InChI is InChI=1S/C21H30N4O3/c1-12(2)17-18-22-16(19(26)23-28)11-24(18)3-4-25(17)20(27)21-8-13-5-14(9-21)7-15(6-13)10-21/h11-15,17,28H,3-10H2,1-2H3,(H,23,26). The van der Waals surface area contributed by atoms with Gasteiger partial charge in [0.1, 0.15) is 11.5 Å². The summed E-state index contributed by atoms with van der Waals surface area (Å²) in [5.41, 5.74) is 1.70. The van der Waals surface area contributed by atoms with Crippen LogP contribution in [0.15, 0.2) is 6.20 Å². The molecule has 0 radical (unpaired) electrons. The number of fused-ring (bicyclic) bond motifs is 1. The molecule has 1 aromatic heterocycles.